The van der Waals surface area contributed by atoms with Gasteiger partial charge in [-0.05, 0) is 152 Å². The average molecular weight is 897 g/mol. The summed E-state index contributed by atoms with van der Waals surface area (Å²) in [6.07, 6.45) is 7.23. The molecule has 0 spiro atoms. The van der Waals surface area contributed by atoms with E-state index in [1.807, 2.05) is 0 Å². The summed E-state index contributed by atoms with van der Waals surface area (Å²) in [4.78, 5) is 5.68. The van der Waals surface area contributed by atoms with E-state index in [0.717, 1.165) is 11.2 Å². The summed E-state index contributed by atoms with van der Waals surface area (Å²) in [5.41, 5.74) is 23.9. The zero-order chi connectivity index (χ0) is 48.0. The van der Waals surface area contributed by atoms with Gasteiger partial charge in [0.2, 0.25) is 0 Å². The molecule has 2 atom stereocenters. The second-order valence-electron chi connectivity index (χ2n) is 26.8. The normalized spacial score (nSPS) is 22.2. The molecule has 0 bridgehead atoms. The molecule has 12 rings (SSSR count). The van der Waals surface area contributed by atoms with E-state index >= 15 is 0 Å². The molecule has 1 fully saturated rings. The molecule has 0 amide bonds. The van der Waals surface area contributed by atoms with Crippen molar-refractivity contribution in [2.75, 3.05) is 9.71 Å². The van der Waals surface area contributed by atoms with E-state index in [0.29, 0.717) is 0 Å². The van der Waals surface area contributed by atoms with E-state index in [9.17, 15) is 0 Å². The summed E-state index contributed by atoms with van der Waals surface area (Å²) in [5.74, 6) is 0. The molecule has 68 heavy (non-hydrogen) atoms. The van der Waals surface area contributed by atoms with Gasteiger partial charge in [-0.25, -0.2) is 0 Å². The van der Waals surface area contributed by atoms with Gasteiger partial charge < -0.3 is 14.1 Å². The second kappa shape index (κ2) is 13.8. The van der Waals surface area contributed by atoms with Crippen LogP contribution >= 0.6 is 0 Å². The van der Waals surface area contributed by atoms with Gasteiger partial charge in [-0.1, -0.05) is 164 Å². The lowest BCUT2D eigenvalue weighted by atomic mass is 9.42. The minimum Gasteiger partial charge on any atom is -0.456 e. The second-order valence-corrected chi connectivity index (χ2v) is 26.8. The highest BCUT2D eigenvalue weighted by atomic mass is 16.3. The predicted octanol–water partition coefficient (Wildman–Crippen LogP) is 16.5. The van der Waals surface area contributed by atoms with Crippen molar-refractivity contribution >= 4 is 62.5 Å². The van der Waals surface area contributed by atoms with Crippen molar-refractivity contribution in [1.29, 1.82) is 0 Å². The van der Waals surface area contributed by atoms with Gasteiger partial charge in [0, 0.05) is 56.0 Å². The molecule has 5 aliphatic rings. The number of hydrogen-bond acceptors (Lipinski definition) is 3. The lowest BCUT2D eigenvalue weighted by Gasteiger charge is -2.55. The fourth-order valence-electron chi connectivity index (χ4n) is 13.8. The van der Waals surface area contributed by atoms with Gasteiger partial charge in [0.15, 0.2) is 0 Å². The summed E-state index contributed by atoms with van der Waals surface area (Å²) < 4.78 is 7.23. The van der Waals surface area contributed by atoms with Crippen molar-refractivity contribution in [3.63, 3.8) is 0 Å². The van der Waals surface area contributed by atoms with Crippen molar-refractivity contribution in [3.8, 4) is 22.3 Å². The fourth-order valence-corrected chi connectivity index (χ4v) is 13.8. The molecular formula is C64H73BN2O. The Morgan fingerprint density at radius 1 is 0.500 bits per heavy atom. The lowest BCUT2D eigenvalue weighted by molar-refractivity contribution is 0.199. The van der Waals surface area contributed by atoms with Crippen molar-refractivity contribution in [3.05, 3.63) is 130 Å². The van der Waals surface area contributed by atoms with Crippen molar-refractivity contribution in [2.24, 2.45) is 0 Å². The Labute approximate surface area is 407 Å². The largest absolute Gasteiger partial charge is 0.456 e. The summed E-state index contributed by atoms with van der Waals surface area (Å²) in [7, 11) is 0. The van der Waals surface area contributed by atoms with Crippen LogP contribution < -0.4 is 20.6 Å². The zero-order valence-electron chi connectivity index (χ0n) is 43.9. The molecule has 3 nitrogen and oxygen atoms in total. The number of fused-ring (bicyclic) bond motifs is 11. The topological polar surface area (TPSA) is 19.6 Å². The number of furan rings is 1. The molecule has 1 saturated carbocycles. The number of benzene rings is 6. The molecule has 0 radical (unpaired) electrons. The monoisotopic (exact) mass is 897 g/mol. The molecule has 6 aromatic carbocycles. The van der Waals surface area contributed by atoms with Crippen LogP contribution in [0.5, 0.6) is 0 Å². The van der Waals surface area contributed by atoms with E-state index < -0.39 is 0 Å². The number of hydrogen-bond donors (Lipinski definition) is 0. The summed E-state index contributed by atoms with van der Waals surface area (Å²) in [6, 6.07) is 38.9. The third-order valence-corrected chi connectivity index (χ3v) is 18.5. The third kappa shape index (κ3) is 5.97. The lowest BCUT2D eigenvalue weighted by Crippen LogP contribution is -2.70. The molecule has 3 aliphatic heterocycles. The van der Waals surface area contributed by atoms with Gasteiger partial charge in [-0.15, -0.1) is 0 Å². The molecule has 4 heterocycles. The molecular weight excluding hydrogens is 824 g/mol. The van der Waals surface area contributed by atoms with Crippen LogP contribution in [0.1, 0.15) is 176 Å². The smallest absolute Gasteiger partial charge is 0.328 e. The number of nitrogens with zero attached hydrogens (tertiary/aromatic N) is 2. The van der Waals surface area contributed by atoms with Crippen LogP contribution in [0.15, 0.2) is 101 Å². The maximum absolute atomic E-state index is 7.23. The van der Waals surface area contributed by atoms with E-state index in [-0.39, 0.29) is 44.9 Å². The standard InChI is InChI=1S/C64H73BN2O/c1-58(2,3)39-23-24-51(42(29-39)38-21-17-16-18-22-38)66-52-37-55-44(43-34-47-48(36-54(43)68-55)62(12,13)28-27-61(47,10)11)35-50(52)65-56-45(30-41(33-53(56)66)60(7,8)9)46-31-40(59(4,5)6)32-49-57(46)67(65)64(15)26-20-19-25-63(49,64)14/h16-18,21-24,29-37H,19-20,25-28H2,1-15H3. The molecule has 4 heteroatoms. The SMILES string of the molecule is CC(C)(C)c1ccc(N2c3cc4oc5cc6c(cc5c4cc3B3c4c(cc(C(C)(C)C)cc42)-c2cc(C(C)(C)C)cc4c2N3C2(C)CCCCC42C)C(C)(C)CCC6(C)C)c(-c2ccccc2)c1. The first-order valence-electron chi connectivity index (χ1n) is 26.0. The highest BCUT2D eigenvalue weighted by Crippen LogP contribution is 2.64. The van der Waals surface area contributed by atoms with Gasteiger partial charge in [0.05, 0.1) is 5.69 Å². The van der Waals surface area contributed by atoms with E-state index in [2.05, 4.69) is 211 Å². The average Bonchev–Trinajstić information content (AvgIpc) is 3.73. The van der Waals surface area contributed by atoms with Crippen LogP contribution in [0.25, 0.3) is 44.2 Å². The van der Waals surface area contributed by atoms with Crippen LogP contribution in [0.3, 0.4) is 0 Å². The van der Waals surface area contributed by atoms with Gasteiger partial charge in [0.25, 0.3) is 0 Å². The molecule has 348 valence electrons. The molecule has 0 N–H and O–H groups in total. The van der Waals surface area contributed by atoms with Crippen LogP contribution in [0.2, 0.25) is 0 Å². The summed E-state index contributed by atoms with van der Waals surface area (Å²) in [5, 5.41) is 2.47. The van der Waals surface area contributed by atoms with Crippen molar-refractivity contribution in [1.82, 2.24) is 0 Å². The molecule has 7 aromatic rings. The van der Waals surface area contributed by atoms with Crippen LogP contribution in [0.4, 0.5) is 22.7 Å². The van der Waals surface area contributed by atoms with Crippen LogP contribution in [0, 0.1) is 0 Å². The van der Waals surface area contributed by atoms with Crippen molar-refractivity contribution < 1.29 is 4.42 Å². The zero-order valence-corrected chi connectivity index (χ0v) is 43.9. The van der Waals surface area contributed by atoms with E-state index in [4.69, 9.17) is 4.42 Å². The summed E-state index contributed by atoms with van der Waals surface area (Å²) in [6.45, 7) is 36.5. The quantitative estimate of drug-likeness (QED) is 0.161. The first kappa shape index (κ1) is 44.0. The predicted molar refractivity (Wildman–Crippen MR) is 292 cm³/mol. The molecule has 2 unspecified atom stereocenters. The third-order valence-electron chi connectivity index (χ3n) is 18.5. The molecule has 1 aromatic heterocycles. The Kier molecular flexibility index (Phi) is 8.91. The Morgan fingerprint density at radius 2 is 1.09 bits per heavy atom. The van der Waals surface area contributed by atoms with Gasteiger partial charge in [0.1, 0.15) is 11.2 Å². The first-order chi connectivity index (χ1) is 31.8. The Hall–Kier alpha value is -5.22. The summed E-state index contributed by atoms with van der Waals surface area (Å²) >= 11 is 0. The Bertz CT molecular complexity index is 3290. The van der Waals surface area contributed by atoms with Gasteiger partial charge in [-0.3, -0.25) is 0 Å². The Balaban J connectivity index is 1.25. The van der Waals surface area contributed by atoms with Gasteiger partial charge in [-0.2, -0.15) is 0 Å². The number of anilines is 4. The number of rotatable bonds is 2. The van der Waals surface area contributed by atoms with Crippen molar-refractivity contribution in [2.45, 2.75) is 180 Å². The van der Waals surface area contributed by atoms with Gasteiger partial charge >= 0.3 is 6.85 Å². The minimum absolute atomic E-state index is 0.00386. The maximum Gasteiger partial charge on any atom is 0.328 e. The highest BCUT2D eigenvalue weighted by molar-refractivity contribution is 6.93. The molecule has 0 saturated heterocycles. The minimum atomic E-state index is -0.0947. The maximum atomic E-state index is 7.23. The highest BCUT2D eigenvalue weighted by Gasteiger charge is 2.63. The van der Waals surface area contributed by atoms with Crippen LogP contribution in [-0.2, 0) is 32.5 Å². The Morgan fingerprint density at radius 3 is 1.76 bits per heavy atom. The molecule has 2 aliphatic carbocycles. The fraction of sp³-hybridized carbons (Fsp3) is 0.438. The van der Waals surface area contributed by atoms with E-state index in [1.165, 1.54) is 133 Å². The van der Waals surface area contributed by atoms with E-state index in [1.54, 1.807) is 5.56 Å². The first-order valence-corrected chi connectivity index (χ1v) is 26.0. The van der Waals surface area contributed by atoms with Crippen LogP contribution in [-0.4, -0.2) is 12.4 Å².